The van der Waals surface area contributed by atoms with Gasteiger partial charge in [-0.3, -0.25) is 0 Å². The van der Waals surface area contributed by atoms with Gasteiger partial charge in [0.15, 0.2) is 0 Å². The van der Waals surface area contributed by atoms with Crippen LogP contribution in [0.1, 0.15) is 6.92 Å². The number of aliphatic hydroxyl groups excluding tert-OH is 1. The van der Waals surface area contributed by atoms with E-state index in [1.54, 1.807) is 18.7 Å². The lowest BCUT2D eigenvalue weighted by Gasteiger charge is -2.03. The summed E-state index contributed by atoms with van der Waals surface area (Å²) in [5.41, 5.74) is 0. The second-order valence-electron chi connectivity index (χ2n) is 2.62. The van der Waals surface area contributed by atoms with Crippen LogP contribution in [-0.4, -0.2) is 17.0 Å². The highest BCUT2D eigenvalue weighted by Gasteiger charge is 1.98. The molecule has 3 heteroatoms. The van der Waals surface area contributed by atoms with Gasteiger partial charge in [-0.1, -0.05) is 17.7 Å². The van der Waals surface area contributed by atoms with E-state index in [9.17, 15) is 0 Å². The highest BCUT2D eigenvalue weighted by molar-refractivity contribution is 7.99. The molecule has 0 aromatic heterocycles. The van der Waals surface area contributed by atoms with Crippen LogP contribution in [0.15, 0.2) is 29.2 Å². The zero-order valence-electron chi connectivity index (χ0n) is 6.83. The van der Waals surface area contributed by atoms with Gasteiger partial charge < -0.3 is 5.11 Å². The van der Waals surface area contributed by atoms with Gasteiger partial charge in [0.2, 0.25) is 0 Å². The molecule has 0 saturated heterocycles. The largest absolute Gasteiger partial charge is 0.393 e. The summed E-state index contributed by atoms with van der Waals surface area (Å²) in [6.07, 6.45) is -0.269. The molecular weight excluding hydrogens is 192 g/mol. The Labute approximate surface area is 81.7 Å². The van der Waals surface area contributed by atoms with Gasteiger partial charge in [0, 0.05) is 15.7 Å². The summed E-state index contributed by atoms with van der Waals surface area (Å²) in [5.74, 6) is 0.709. The first-order chi connectivity index (χ1) is 5.68. The molecule has 1 aromatic rings. The van der Waals surface area contributed by atoms with E-state index in [0.29, 0.717) is 5.75 Å². The van der Waals surface area contributed by atoms with Crippen molar-refractivity contribution in [2.75, 3.05) is 5.75 Å². The third-order valence-electron chi connectivity index (χ3n) is 1.29. The first kappa shape index (κ1) is 9.90. The van der Waals surface area contributed by atoms with Crippen LogP contribution in [0.4, 0.5) is 0 Å². The maximum atomic E-state index is 9.03. The van der Waals surface area contributed by atoms with Crippen LogP contribution in [0.5, 0.6) is 0 Å². The van der Waals surface area contributed by atoms with Crippen molar-refractivity contribution in [1.82, 2.24) is 0 Å². The number of hydrogen-bond acceptors (Lipinski definition) is 2. The Balaban J connectivity index is 2.52. The molecule has 0 aliphatic heterocycles. The van der Waals surface area contributed by atoms with Crippen molar-refractivity contribution in [1.29, 1.82) is 0 Å². The van der Waals surface area contributed by atoms with Crippen molar-refractivity contribution in [3.63, 3.8) is 0 Å². The number of rotatable bonds is 3. The number of aliphatic hydroxyl groups is 1. The summed E-state index contributed by atoms with van der Waals surface area (Å²) < 4.78 is 0. The highest BCUT2D eigenvalue weighted by Crippen LogP contribution is 2.21. The smallest absolute Gasteiger partial charge is 0.0606 e. The second kappa shape index (κ2) is 4.75. The predicted octanol–water partition coefficient (Wildman–Crippen LogP) is 2.81. The topological polar surface area (TPSA) is 20.2 Å². The lowest BCUT2D eigenvalue weighted by molar-refractivity contribution is 0.220. The van der Waals surface area contributed by atoms with Gasteiger partial charge in [0.25, 0.3) is 0 Å². The normalized spacial score (nSPS) is 12.9. The summed E-state index contributed by atoms with van der Waals surface area (Å²) in [5, 5.41) is 9.77. The third kappa shape index (κ3) is 3.48. The fourth-order valence-corrected chi connectivity index (χ4v) is 1.85. The number of halogens is 1. The van der Waals surface area contributed by atoms with Crippen molar-refractivity contribution in [2.45, 2.75) is 17.9 Å². The molecule has 0 amide bonds. The van der Waals surface area contributed by atoms with E-state index in [1.165, 1.54) is 0 Å². The van der Waals surface area contributed by atoms with E-state index in [0.717, 1.165) is 9.92 Å². The molecule has 0 radical (unpaired) electrons. The van der Waals surface area contributed by atoms with Crippen LogP contribution in [0, 0.1) is 0 Å². The number of benzene rings is 1. The Hall–Kier alpha value is -0.180. The van der Waals surface area contributed by atoms with E-state index in [4.69, 9.17) is 16.7 Å². The Morgan fingerprint density at radius 1 is 1.58 bits per heavy atom. The highest BCUT2D eigenvalue weighted by atomic mass is 35.5. The summed E-state index contributed by atoms with van der Waals surface area (Å²) in [4.78, 5) is 1.10. The summed E-state index contributed by atoms with van der Waals surface area (Å²) >= 11 is 7.39. The molecule has 1 atom stereocenters. The van der Waals surface area contributed by atoms with E-state index < -0.39 is 0 Å². The first-order valence-electron chi connectivity index (χ1n) is 3.75. The maximum absolute atomic E-state index is 9.03. The molecule has 0 unspecified atom stereocenters. The van der Waals surface area contributed by atoms with E-state index in [1.807, 2.05) is 24.3 Å². The Kier molecular flexibility index (Phi) is 3.92. The van der Waals surface area contributed by atoms with E-state index >= 15 is 0 Å². The third-order valence-corrected chi connectivity index (χ3v) is 2.76. The molecule has 66 valence electrons. The van der Waals surface area contributed by atoms with Crippen LogP contribution in [-0.2, 0) is 0 Å². The van der Waals surface area contributed by atoms with Crippen LogP contribution in [0.25, 0.3) is 0 Å². The monoisotopic (exact) mass is 202 g/mol. The van der Waals surface area contributed by atoms with Gasteiger partial charge in [-0.05, 0) is 25.1 Å². The van der Waals surface area contributed by atoms with E-state index in [2.05, 4.69) is 0 Å². The SMILES string of the molecule is C[C@@H](O)CSc1cccc(Cl)c1. The van der Waals surface area contributed by atoms with Crippen molar-refractivity contribution in [3.8, 4) is 0 Å². The molecule has 0 saturated carbocycles. The van der Waals surface area contributed by atoms with Crippen LogP contribution < -0.4 is 0 Å². The molecule has 0 aliphatic carbocycles. The summed E-state index contributed by atoms with van der Waals surface area (Å²) in [7, 11) is 0. The molecule has 0 heterocycles. The molecule has 1 aromatic carbocycles. The minimum absolute atomic E-state index is 0.269. The maximum Gasteiger partial charge on any atom is 0.0606 e. The molecule has 0 bridgehead atoms. The average molecular weight is 203 g/mol. The standard InChI is InChI=1S/C9H11ClOS/c1-7(11)6-12-9-4-2-3-8(10)5-9/h2-5,7,11H,6H2,1H3/t7-/m1/s1. The van der Waals surface area contributed by atoms with Crippen LogP contribution in [0.2, 0.25) is 5.02 Å². The molecule has 1 nitrogen and oxygen atoms in total. The minimum Gasteiger partial charge on any atom is -0.393 e. The second-order valence-corrected chi connectivity index (χ2v) is 4.15. The summed E-state index contributed by atoms with van der Waals surface area (Å²) in [6, 6.07) is 7.63. The van der Waals surface area contributed by atoms with Gasteiger partial charge in [0.1, 0.15) is 0 Å². The Morgan fingerprint density at radius 3 is 2.92 bits per heavy atom. The van der Waals surface area contributed by atoms with Gasteiger partial charge in [0.05, 0.1) is 6.10 Å². The zero-order chi connectivity index (χ0) is 8.97. The molecule has 12 heavy (non-hydrogen) atoms. The molecule has 1 rings (SSSR count). The molecule has 0 fully saturated rings. The first-order valence-corrected chi connectivity index (χ1v) is 5.11. The molecule has 0 spiro atoms. The zero-order valence-corrected chi connectivity index (χ0v) is 8.40. The number of hydrogen-bond donors (Lipinski definition) is 1. The van der Waals surface area contributed by atoms with Gasteiger partial charge in [-0.15, -0.1) is 11.8 Å². The van der Waals surface area contributed by atoms with Gasteiger partial charge in [-0.2, -0.15) is 0 Å². The fourth-order valence-electron chi connectivity index (χ4n) is 0.774. The van der Waals surface area contributed by atoms with E-state index in [-0.39, 0.29) is 6.10 Å². The number of thioether (sulfide) groups is 1. The molecular formula is C9H11ClOS. The Morgan fingerprint density at radius 2 is 2.33 bits per heavy atom. The quantitative estimate of drug-likeness (QED) is 0.761. The summed E-state index contributed by atoms with van der Waals surface area (Å²) in [6.45, 7) is 1.78. The predicted molar refractivity (Wildman–Crippen MR) is 53.9 cm³/mol. The molecule has 1 N–H and O–H groups in total. The van der Waals surface area contributed by atoms with Crippen LogP contribution >= 0.6 is 23.4 Å². The molecule has 0 aliphatic rings. The minimum atomic E-state index is -0.269. The van der Waals surface area contributed by atoms with Gasteiger partial charge >= 0.3 is 0 Å². The van der Waals surface area contributed by atoms with Crippen LogP contribution in [0.3, 0.4) is 0 Å². The lowest BCUT2D eigenvalue weighted by atomic mass is 10.4. The van der Waals surface area contributed by atoms with Crippen molar-refractivity contribution in [2.24, 2.45) is 0 Å². The van der Waals surface area contributed by atoms with Crippen molar-refractivity contribution in [3.05, 3.63) is 29.3 Å². The average Bonchev–Trinajstić information content (AvgIpc) is 2.01. The fraction of sp³-hybridized carbons (Fsp3) is 0.333. The lowest BCUT2D eigenvalue weighted by Crippen LogP contribution is -2.01. The van der Waals surface area contributed by atoms with Gasteiger partial charge in [-0.25, -0.2) is 0 Å². The van der Waals surface area contributed by atoms with Crippen molar-refractivity contribution < 1.29 is 5.11 Å². The Bertz CT molecular complexity index is 250. The van der Waals surface area contributed by atoms with Crippen molar-refractivity contribution >= 4 is 23.4 Å².